The maximum Gasteiger partial charge on any atom is 0.339 e. The Hall–Kier alpha value is -1.15. The van der Waals surface area contributed by atoms with Gasteiger partial charge in [-0.15, -0.1) is 0 Å². The van der Waals surface area contributed by atoms with Gasteiger partial charge < -0.3 is 9.47 Å². The zero-order chi connectivity index (χ0) is 16.5. The van der Waals surface area contributed by atoms with Crippen LogP contribution in [0.5, 0.6) is 0 Å². The Morgan fingerprint density at radius 1 is 1.41 bits per heavy atom. The summed E-state index contributed by atoms with van der Waals surface area (Å²) in [7, 11) is -2.69. The molecule has 0 N–H and O–H groups in total. The number of hydrogen-bond donors (Lipinski definition) is 0. The van der Waals surface area contributed by atoms with Crippen molar-refractivity contribution in [3.63, 3.8) is 0 Å². The first-order valence-electron chi connectivity index (χ1n) is 6.68. The predicted octanol–water partition coefficient (Wildman–Crippen LogP) is 1.93. The van der Waals surface area contributed by atoms with E-state index in [0.717, 1.165) is 0 Å². The minimum atomic E-state index is -3.88. The summed E-state index contributed by atoms with van der Waals surface area (Å²) in [6, 6.07) is 4.07. The summed E-state index contributed by atoms with van der Waals surface area (Å²) in [5.41, 5.74) is -0.776. The number of halogens is 1. The second-order valence-electron chi connectivity index (χ2n) is 5.57. The van der Waals surface area contributed by atoms with Gasteiger partial charge in [-0.1, -0.05) is 11.6 Å². The van der Waals surface area contributed by atoms with E-state index in [0.29, 0.717) is 6.61 Å². The summed E-state index contributed by atoms with van der Waals surface area (Å²) in [6.07, 6.45) is 0. The van der Waals surface area contributed by atoms with Crippen molar-refractivity contribution in [1.29, 1.82) is 0 Å². The van der Waals surface area contributed by atoms with E-state index in [1.807, 2.05) is 0 Å². The molecule has 0 spiro atoms. The van der Waals surface area contributed by atoms with Crippen LogP contribution in [0.25, 0.3) is 0 Å². The summed E-state index contributed by atoms with van der Waals surface area (Å²) in [6.45, 7) is 4.37. The zero-order valence-corrected chi connectivity index (χ0v) is 14.2. The van der Waals surface area contributed by atoms with Crippen LogP contribution < -0.4 is 0 Å². The average molecular weight is 348 g/mol. The van der Waals surface area contributed by atoms with Crippen LogP contribution in [0.1, 0.15) is 24.2 Å². The molecule has 1 aliphatic rings. The Labute approximate surface area is 135 Å². The summed E-state index contributed by atoms with van der Waals surface area (Å²) >= 11 is 5.87. The van der Waals surface area contributed by atoms with Crippen molar-refractivity contribution in [3.05, 3.63) is 28.8 Å². The molecule has 1 fully saturated rings. The number of benzene rings is 1. The van der Waals surface area contributed by atoms with E-state index in [9.17, 15) is 13.2 Å². The van der Waals surface area contributed by atoms with Crippen LogP contribution in [0.3, 0.4) is 0 Å². The normalized spacial score (nSPS) is 18.9. The Bertz CT molecular complexity index is 686. The molecule has 0 unspecified atom stereocenters. The number of morpholine rings is 1. The Kier molecular flexibility index (Phi) is 4.81. The third-order valence-electron chi connectivity index (χ3n) is 3.48. The molecule has 2 rings (SSSR count). The minimum absolute atomic E-state index is 0.0720. The van der Waals surface area contributed by atoms with Gasteiger partial charge in [-0.25, -0.2) is 13.2 Å². The first-order chi connectivity index (χ1) is 10.2. The van der Waals surface area contributed by atoms with Crippen molar-refractivity contribution < 1.29 is 22.7 Å². The molecule has 0 saturated carbocycles. The van der Waals surface area contributed by atoms with E-state index in [2.05, 4.69) is 4.74 Å². The van der Waals surface area contributed by atoms with E-state index in [1.165, 1.54) is 29.6 Å². The maximum atomic E-state index is 13.0. The van der Waals surface area contributed by atoms with Gasteiger partial charge in [0.05, 0.1) is 36.3 Å². The molecule has 8 heteroatoms. The van der Waals surface area contributed by atoms with Gasteiger partial charge in [-0.3, -0.25) is 0 Å². The third-order valence-corrected chi connectivity index (χ3v) is 5.89. The van der Waals surface area contributed by atoms with Gasteiger partial charge in [0.15, 0.2) is 0 Å². The van der Waals surface area contributed by atoms with Gasteiger partial charge in [0.2, 0.25) is 10.0 Å². The van der Waals surface area contributed by atoms with Crippen LogP contribution in [0.4, 0.5) is 0 Å². The van der Waals surface area contributed by atoms with Crippen molar-refractivity contribution in [1.82, 2.24) is 4.31 Å². The molecule has 0 atom stereocenters. The lowest BCUT2D eigenvalue weighted by Crippen LogP contribution is -2.55. The molecule has 0 aromatic heterocycles. The van der Waals surface area contributed by atoms with Crippen molar-refractivity contribution in [2.45, 2.75) is 24.3 Å². The highest BCUT2D eigenvalue weighted by Gasteiger charge is 2.41. The van der Waals surface area contributed by atoms with Crippen LogP contribution >= 0.6 is 11.6 Å². The molecule has 1 aromatic carbocycles. The summed E-state index contributed by atoms with van der Waals surface area (Å²) in [4.78, 5) is 11.8. The predicted molar refractivity (Wildman–Crippen MR) is 81.6 cm³/mol. The fourth-order valence-electron chi connectivity index (χ4n) is 2.40. The molecule has 0 aliphatic carbocycles. The minimum Gasteiger partial charge on any atom is -0.465 e. The average Bonchev–Trinajstić information content (AvgIpc) is 2.45. The molecule has 0 radical (unpaired) electrons. The molecule has 0 bridgehead atoms. The van der Waals surface area contributed by atoms with E-state index in [4.69, 9.17) is 16.3 Å². The van der Waals surface area contributed by atoms with Crippen molar-refractivity contribution in [2.75, 3.05) is 26.9 Å². The van der Waals surface area contributed by atoms with Crippen LogP contribution in [-0.2, 0) is 19.5 Å². The Morgan fingerprint density at radius 3 is 2.68 bits per heavy atom. The smallest absolute Gasteiger partial charge is 0.339 e. The molecule has 1 aromatic rings. The summed E-state index contributed by atoms with van der Waals surface area (Å²) < 4.78 is 37.3. The van der Waals surface area contributed by atoms with E-state index < -0.39 is 21.5 Å². The lowest BCUT2D eigenvalue weighted by molar-refractivity contribution is -0.00775. The lowest BCUT2D eigenvalue weighted by Gasteiger charge is -2.40. The number of carbonyl (C=O) groups is 1. The van der Waals surface area contributed by atoms with Crippen molar-refractivity contribution in [3.8, 4) is 0 Å². The van der Waals surface area contributed by atoms with E-state index >= 15 is 0 Å². The quantitative estimate of drug-likeness (QED) is 0.781. The fraction of sp³-hybridized carbons (Fsp3) is 0.500. The van der Waals surface area contributed by atoms with Crippen LogP contribution in [0.15, 0.2) is 23.1 Å². The molecule has 6 nitrogen and oxygen atoms in total. The number of carbonyl (C=O) groups excluding carboxylic acids is 1. The monoisotopic (exact) mass is 347 g/mol. The number of nitrogens with zero attached hydrogens (tertiary/aromatic N) is 1. The van der Waals surface area contributed by atoms with Crippen LogP contribution in [-0.4, -0.2) is 51.1 Å². The third kappa shape index (κ3) is 3.12. The maximum absolute atomic E-state index is 13.0. The Morgan fingerprint density at radius 2 is 2.09 bits per heavy atom. The highest BCUT2D eigenvalue weighted by Crippen LogP contribution is 2.30. The molecule has 1 saturated heterocycles. The van der Waals surface area contributed by atoms with Crippen LogP contribution in [0, 0.1) is 0 Å². The fourth-order valence-corrected chi connectivity index (χ4v) is 4.49. The molecule has 1 heterocycles. The SMILES string of the molecule is COC(=O)c1cc(Cl)ccc1S(=O)(=O)N1CCOCC1(C)C. The van der Waals surface area contributed by atoms with Crippen molar-refractivity contribution >= 4 is 27.6 Å². The zero-order valence-electron chi connectivity index (χ0n) is 12.6. The summed E-state index contributed by atoms with van der Waals surface area (Å²) in [5, 5.41) is 0.264. The number of rotatable bonds is 3. The summed E-state index contributed by atoms with van der Waals surface area (Å²) in [5.74, 6) is -0.743. The number of esters is 1. The van der Waals surface area contributed by atoms with E-state index in [1.54, 1.807) is 13.8 Å². The van der Waals surface area contributed by atoms with Gasteiger partial charge >= 0.3 is 5.97 Å². The molecule has 0 amide bonds. The Balaban J connectivity index is 2.56. The second-order valence-corrected chi connectivity index (χ2v) is 7.84. The van der Waals surface area contributed by atoms with Gasteiger partial charge in [0.1, 0.15) is 0 Å². The van der Waals surface area contributed by atoms with Gasteiger partial charge in [0.25, 0.3) is 0 Å². The van der Waals surface area contributed by atoms with E-state index in [-0.39, 0.29) is 28.6 Å². The van der Waals surface area contributed by atoms with Gasteiger partial charge in [-0.2, -0.15) is 4.31 Å². The van der Waals surface area contributed by atoms with Crippen molar-refractivity contribution in [2.24, 2.45) is 0 Å². The first-order valence-corrected chi connectivity index (χ1v) is 8.50. The molecule has 22 heavy (non-hydrogen) atoms. The first kappa shape index (κ1) is 17.2. The number of methoxy groups -OCH3 is 1. The largest absolute Gasteiger partial charge is 0.465 e. The second kappa shape index (κ2) is 6.16. The number of hydrogen-bond acceptors (Lipinski definition) is 5. The highest BCUT2D eigenvalue weighted by molar-refractivity contribution is 7.89. The molecular weight excluding hydrogens is 330 g/mol. The molecule has 122 valence electrons. The number of sulfonamides is 1. The topological polar surface area (TPSA) is 72.9 Å². The van der Waals surface area contributed by atoms with Gasteiger partial charge in [-0.05, 0) is 32.0 Å². The number of ether oxygens (including phenoxy) is 2. The molecular formula is C14H18ClNO5S. The standard InChI is InChI=1S/C14H18ClNO5S/c1-14(2)9-21-7-6-16(14)22(18,19)12-5-4-10(15)8-11(12)13(17)20-3/h4-5,8H,6-7,9H2,1-3H3. The van der Waals surface area contributed by atoms with Gasteiger partial charge in [0, 0.05) is 11.6 Å². The van der Waals surface area contributed by atoms with Crippen LogP contribution in [0.2, 0.25) is 5.02 Å². The molecule has 1 aliphatic heterocycles. The highest BCUT2D eigenvalue weighted by atomic mass is 35.5. The lowest BCUT2D eigenvalue weighted by atomic mass is 10.1.